The standard InChI is InChI=1S/C27H25ClN6O2S/c1-14-23(37-17(4)31-14)13-30-27(35)26-32-22-9-8-19(24-15(2)34-36-16(24)3)11-21(22)25(33-26)29-12-18-6-5-7-20(28)10-18/h5-11H,12-13H2,1-4H3,(H,30,35)(H,29,32,33). The Kier molecular flexibility index (Phi) is 6.90. The lowest BCUT2D eigenvalue weighted by atomic mass is 10.0. The second-order valence-corrected chi connectivity index (χ2v) is 10.5. The maximum absolute atomic E-state index is 13.1. The van der Waals surface area contributed by atoms with E-state index >= 15 is 0 Å². The highest BCUT2D eigenvalue weighted by atomic mass is 35.5. The van der Waals surface area contributed by atoms with Crippen LogP contribution in [0.3, 0.4) is 0 Å². The van der Waals surface area contributed by atoms with E-state index in [2.05, 4.69) is 30.7 Å². The van der Waals surface area contributed by atoms with Gasteiger partial charge in [0, 0.05) is 27.4 Å². The lowest BCUT2D eigenvalue weighted by Gasteiger charge is -2.13. The van der Waals surface area contributed by atoms with E-state index in [9.17, 15) is 4.79 Å². The molecule has 0 spiro atoms. The summed E-state index contributed by atoms with van der Waals surface area (Å²) in [6, 6.07) is 13.4. The van der Waals surface area contributed by atoms with Gasteiger partial charge >= 0.3 is 0 Å². The Morgan fingerprint density at radius 2 is 1.84 bits per heavy atom. The van der Waals surface area contributed by atoms with E-state index in [0.29, 0.717) is 29.4 Å². The van der Waals surface area contributed by atoms with Crippen LogP contribution in [0.2, 0.25) is 5.02 Å². The number of thiazole rings is 1. The molecule has 8 nitrogen and oxygen atoms in total. The van der Waals surface area contributed by atoms with E-state index in [1.165, 1.54) is 0 Å². The number of rotatable bonds is 7. The van der Waals surface area contributed by atoms with Crippen LogP contribution in [0.1, 0.15) is 43.2 Å². The van der Waals surface area contributed by atoms with Crippen molar-refractivity contribution in [3.8, 4) is 11.1 Å². The first-order valence-electron chi connectivity index (χ1n) is 11.7. The topological polar surface area (TPSA) is 106 Å². The number of hydrogen-bond acceptors (Lipinski definition) is 8. The van der Waals surface area contributed by atoms with E-state index in [1.807, 2.05) is 70.2 Å². The van der Waals surface area contributed by atoms with Crippen LogP contribution >= 0.6 is 22.9 Å². The summed E-state index contributed by atoms with van der Waals surface area (Å²) < 4.78 is 5.37. The van der Waals surface area contributed by atoms with Crippen molar-refractivity contribution in [2.75, 3.05) is 5.32 Å². The number of anilines is 1. The summed E-state index contributed by atoms with van der Waals surface area (Å²) in [5.41, 5.74) is 5.22. The Morgan fingerprint density at radius 3 is 2.54 bits per heavy atom. The van der Waals surface area contributed by atoms with Crippen LogP contribution in [0, 0.1) is 27.7 Å². The molecule has 1 amide bonds. The molecule has 37 heavy (non-hydrogen) atoms. The Hall–Kier alpha value is -3.82. The fourth-order valence-electron chi connectivity index (χ4n) is 4.23. The first-order valence-corrected chi connectivity index (χ1v) is 12.9. The van der Waals surface area contributed by atoms with Gasteiger partial charge in [0.15, 0.2) is 0 Å². The van der Waals surface area contributed by atoms with Gasteiger partial charge in [-0.15, -0.1) is 11.3 Å². The monoisotopic (exact) mass is 532 g/mol. The summed E-state index contributed by atoms with van der Waals surface area (Å²) in [6.07, 6.45) is 0. The van der Waals surface area contributed by atoms with E-state index in [1.54, 1.807) is 11.3 Å². The van der Waals surface area contributed by atoms with Crippen molar-refractivity contribution in [1.29, 1.82) is 0 Å². The fourth-order valence-corrected chi connectivity index (χ4v) is 5.31. The molecular formula is C27H25ClN6O2S. The zero-order chi connectivity index (χ0) is 26.1. The normalized spacial score (nSPS) is 11.2. The molecule has 0 aliphatic carbocycles. The van der Waals surface area contributed by atoms with Crippen molar-refractivity contribution in [2.45, 2.75) is 40.8 Å². The van der Waals surface area contributed by atoms with Gasteiger partial charge in [-0.05, 0) is 63.1 Å². The largest absolute Gasteiger partial charge is 0.365 e. The van der Waals surface area contributed by atoms with Gasteiger partial charge in [-0.1, -0.05) is 35.0 Å². The molecule has 2 N–H and O–H groups in total. The number of benzene rings is 2. The molecule has 0 saturated carbocycles. The number of hydrogen-bond donors (Lipinski definition) is 2. The Balaban J connectivity index is 1.51. The van der Waals surface area contributed by atoms with Gasteiger partial charge in [-0.25, -0.2) is 15.0 Å². The molecular weight excluding hydrogens is 508 g/mol. The molecule has 0 unspecified atom stereocenters. The third-order valence-electron chi connectivity index (χ3n) is 5.98. The molecule has 5 rings (SSSR count). The molecule has 0 bridgehead atoms. The molecule has 5 aromatic rings. The van der Waals surface area contributed by atoms with Crippen molar-refractivity contribution in [2.24, 2.45) is 0 Å². The fraction of sp³-hybridized carbons (Fsp3) is 0.222. The molecule has 2 aromatic carbocycles. The van der Waals surface area contributed by atoms with E-state index in [0.717, 1.165) is 49.1 Å². The minimum absolute atomic E-state index is 0.0880. The molecule has 0 radical (unpaired) electrons. The maximum atomic E-state index is 13.1. The smallest absolute Gasteiger partial charge is 0.289 e. The van der Waals surface area contributed by atoms with Gasteiger partial charge in [0.05, 0.1) is 28.5 Å². The number of aryl methyl sites for hydroxylation is 4. The van der Waals surface area contributed by atoms with Crippen molar-refractivity contribution in [1.82, 2.24) is 25.4 Å². The van der Waals surface area contributed by atoms with E-state index in [-0.39, 0.29) is 11.7 Å². The number of aromatic nitrogens is 4. The average molecular weight is 533 g/mol. The van der Waals surface area contributed by atoms with Crippen molar-refractivity contribution >= 4 is 45.6 Å². The zero-order valence-corrected chi connectivity index (χ0v) is 22.4. The highest BCUT2D eigenvalue weighted by molar-refractivity contribution is 7.11. The van der Waals surface area contributed by atoms with Crippen LogP contribution in [0.5, 0.6) is 0 Å². The van der Waals surface area contributed by atoms with Crippen molar-refractivity contribution in [3.05, 3.63) is 85.9 Å². The lowest BCUT2D eigenvalue weighted by Crippen LogP contribution is -2.25. The number of nitrogens with zero attached hydrogens (tertiary/aromatic N) is 4. The van der Waals surface area contributed by atoms with Gasteiger partial charge in [0.1, 0.15) is 11.6 Å². The van der Waals surface area contributed by atoms with Crippen LogP contribution in [0.4, 0.5) is 5.82 Å². The zero-order valence-electron chi connectivity index (χ0n) is 20.8. The summed E-state index contributed by atoms with van der Waals surface area (Å²) in [5, 5.41) is 12.8. The first kappa shape index (κ1) is 24.9. The summed E-state index contributed by atoms with van der Waals surface area (Å²) in [4.78, 5) is 27.7. The van der Waals surface area contributed by atoms with Crippen molar-refractivity contribution < 1.29 is 9.32 Å². The molecule has 10 heteroatoms. The van der Waals surface area contributed by atoms with Gasteiger partial charge in [0.2, 0.25) is 5.82 Å². The van der Waals surface area contributed by atoms with Crippen LogP contribution in [-0.4, -0.2) is 26.0 Å². The summed E-state index contributed by atoms with van der Waals surface area (Å²) in [6.45, 7) is 8.52. The number of carbonyl (C=O) groups excluding carboxylic acids is 1. The lowest BCUT2D eigenvalue weighted by molar-refractivity contribution is 0.0941. The number of fused-ring (bicyclic) bond motifs is 1. The second-order valence-electron chi connectivity index (χ2n) is 8.73. The maximum Gasteiger partial charge on any atom is 0.289 e. The summed E-state index contributed by atoms with van der Waals surface area (Å²) >= 11 is 7.73. The van der Waals surface area contributed by atoms with Crippen molar-refractivity contribution in [3.63, 3.8) is 0 Å². The van der Waals surface area contributed by atoms with E-state index < -0.39 is 0 Å². The molecule has 0 aliphatic rings. The molecule has 0 saturated heterocycles. The van der Waals surface area contributed by atoms with Crippen LogP contribution in [0.15, 0.2) is 47.0 Å². The minimum Gasteiger partial charge on any atom is -0.365 e. The molecule has 0 fully saturated rings. The van der Waals surface area contributed by atoms with Crippen LogP contribution in [-0.2, 0) is 13.1 Å². The van der Waals surface area contributed by atoms with Crippen LogP contribution < -0.4 is 10.6 Å². The quantitative estimate of drug-likeness (QED) is 0.258. The number of nitrogens with one attached hydrogen (secondary N) is 2. The third kappa shape index (κ3) is 5.33. The predicted molar refractivity (Wildman–Crippen MR) is 146 cm³/mol. The number of carbonyl (C=O) groups is 1. The van der Waals surface area contributed by atoms with Crippen LogP contribution in [0.25, 0.3) is 22.0 Å². The number of amides is 1. The highest BCUT2D eigenvalue weighted by Gasteiger charge is 2.18. The molecule has 0 atom stereocenters. The summed E-state index contributed by atoms with van der Waals surface area (Å²) in [5.74, 6) is 1.02. The van der Waals surface area contributed by atoms with Gasteiger partial charge in [0.25, 0.3) is 5.91 Å². The molecule has 3 aromatic heterocycles. The Labute approximate surface area is 223 Å². The van der Waals surface area contributed by atoms with Gasteiger partial charge < -0.3 is 15.2 Å². The van der Waals surface area contributed by atoms with Gasteiger partial charge in [-0.3, -0.25) is 4.79 Å². The third-order valence-corrected chi connectivity index (χ3v) is 7.29. The number of halogens is 1. The minimum atomic E-state index is -0.354. The second kappa shape index (κ2) is 10.3. The van der Waals surface area contributed by atoms with E-state index in [4.69, 9.17) is 16.1 Å². The highest BCUT2D eigenvalue weighted by Crippen LogP contribution is 2.31. The Morgan fingerprint density at radius 1 is 1.00 bits per heavy atom. The molecule has 188 valence electrons. The first-order chi connectivity index (χ1) is 17.8. The average Bonchev–Trinajstić information content (AvgIpc) is 3.39. The Bertz CT molecular complexity index is 1610. The molecule has 0 aliphatic heterocycles. The SMILES string of the molecule is Cc1nc(C)c(CNC(=O)c2nc(NCc3cccc(Cl)c3)c3cc(-c4c(C)noc4C)ccc3n2)s1. The predicted octanol–water partition coefficient (Wildman–Crippen LogP) is 6.17. The summed E-state index contributed by atoms with van der Waals surface area (Å²) in [7, 11) is 0. The molecule has 3 heterocycles. The van der Waals surface area contributed by atoms with Gasteiger partial charge in [-0.2, -0.15) is 0 Å².